The fourth-order valence-electron chi connectivity index (χ4n) is 5.72. The predicted octanol–water partition coefficient (Wildman–Crippen LogP) is 7.49. The number of amides is 2. The Labute approximate surface area is 295 Å². The van der Waals surface area contributed by atoms with Gasteiger partial charge in [0.25, 0.3) is 0 Å². The number of likely N-dealkylation sites (tertiary alicyclic amines) is 1. The maximum Gasteiger partial charge on any atom is 0.410 e. The Morgan fingerprint density at radius 3 is 2.44 bits per heavy atom. The molecule has 1 aliphatic heterocycles. The molecule has 1 saturated heterocycles. The molecule has 10 nitrogen and oxygen atoms in total. The molecule has 0 saturated carbocycles. The topological polar surface area (TPSA) is 105 Å². The maximum absolute atomic E-state index is 14.4. The van der Waals surface area contributed by atoms with Crippen molar-refractivity contribution in [1.82, 2.24) is 4.90 Å². The van der Waals surface area contributed by atoms with Gasteiger partial charge in [0.2, 0.25) is 5.91 Å². The van der Waals surface area contributed by atoms with Crippen molar-refractivity contribution in [3.05, 3.63) is 89.2 Å². The van der Waals surface area contributed by atoms with Crippen molar-refractivity contribution in [2.75, 3.05) is 52.4 Å². The van der Waals surface area contributed by atoms with Crippen LogP contribution in [0.2, 0.25) is 0 Å². The Balaban J connectivity index is 1.38. The number of hydrogen-bond acceptors (Lipinski definition) is 8. The molecule has 272 valence electrons. The third-order valence-electron chi connectivity index (χ3n) is 8.22. The van der Waals surface area contributed by atoms with E-state index in [4.69, 9.17) is 28.4 Å². The van der Waals surface area contributed by atoms with Crippen molar-refractivity contribution in [1.29, 1.82) is 0 Å². The molecular weight excluding hydrogens is 643 g/mol. The number of piperidine rings is 1. The number of nitrogens with zero attached hydrogens (tertiary/aromatic N) is 1. The van der Waals surface area contributed by atoms with Gasteiger partial charge in [0.1, 0.15) is 22.9 Å². The number of ether oxygens (including phenoxy) is 6. The van der Waals surface area contributed by atoms with Gasteiger partial charge in [-0.15, -0.1) is 0 Å². The number of carbonyl (C=O) groups excluding carboxylic acids is 2. The Morgan fingerprint density at radius 1 is 0.920 bits per heavy atom. The van der Waals surface area contributed by atoms with Crippen LogP contribution in [0.15, 0.2) is 66.7 Å². The van der Waals surface area contributed by atoms with Gasteiger partial charge in [-0.2, -0.15) is 0 Å². The highest BCUT2D eigenvalue weighted by Crippen LogP contribution is 2.33. The molecule has 1 N–H and O–H groups in total. The minimum atomic E-state index is -0.639. The summed E-state index contributed by atoms with van der Waals surface area (Å²) >= 11 is 0. The van der Waals surface area contributed by atoms with E-state index < -0.39 is 23.6 Å². The average Bonchev–Trinajstić information content (AvgIpc) is 3.09. The molecular formula is C39H51FN2O8. The molecule has 0 radical (unpaired) electrons. The molecule has 0 aliphatic carbocycles. The second-order valence-corrected chi connectivity index (χ2v) is 13.3. The van der Waals surface area contributed by atoms with Gasteiger partial charge in [0.05, 0.1) is 46.2 Å². The van der Waals surface area contributed by atoms with Crippen LogP contribution < -0.4 is 14.8 Å². The van der Waals surface area contributed by atoms with E-state index in [0.717, 1.165) is 29.0 Å². The van der Waals surface area contributed by atoms with Crippen LogP contribution in [0.1, 0.15) is 69.1 Å². The van der Waals surface area contributed by atoms with Gasteiger partial charge in [-0.05, 0) is 75.6 Å². The van der Waals surface area contributed by atoms with Gasteiger partial charge in [-0.1, -0.05) is 30.3 Å². The van der Waals surface area contributed by atoms with Crippen LogP contribution in [0.5, 0.6) is 11.5 Å². The molecule has 2 atom stereocenters. The van der Waals surface area contributed by atoms with Crippen LogP contribution in [-0.4, -0.2) is 75.7 Å². The van der Waals surface area contributed by atoms with Gasteiger partial charge in [0.15, 0.2) is 0 Å². The summed E-state index contributed by atoms with van der Waals surface area (Å²) in [6, 6.07) is 19.9. The zero-order chi connectivity index (χ0) is 35.9. The number of nitrogens with one attached hydrogen (secondary N) is 1. The standard InChI is InChI=1S/C39H51FN2O8/c1-39(2,3)50-38(44)42-20-19-33(36(25-42)49-27-30-24-31(40)15-18-34(30)41-37(43)12-8-21-45-4)28-13-16-32(17-14-28)48-23-9-22-47-26-29-10-6-7-11-35(29)46-5/h6-7,10-11,13-18,24,33,36H,8-9,12,19-23,25-27H2,1-5H3,(H,41,43). The summed E-state index contributed by atoms with van der Waals surface area (Å²) < 4.78 is 48.7. The Bertz CT molecular complexity index is 1510. The highest BCUT2D eigenvalue weighted by Gasteiger charge is 2.35. The second kappa shape index (κ2) is 19.3. The maximum atomic E-state index is 14.4. The van der Waals surface area contributed by atoms with E-state index in [1.807, 2.05) is 69.3 Å². The summed E-state index contributed by atoms with van der Waals surface area (Å²) in [5.41, 5.74) is 2.39. The summed E-state index contributed by atoms with van der Waals surface area (Å²) in [5.74, 6) is 0.877. The van der Waals surface area contributed by atoms with Crippen molar-refractivity contribution in [2.24, 2.45) is 0 Å². The van der Waals surface area contributed by atoms with Crippen LogP contribution in [-0.2, 0) is 37.0 Å². The van der Waals surface area contributed by atoms with E-state index in [1.165, 1.54) is 12.1 Å². The smallest absolute Gasteiger partial charge is 0.410 e. The molecule has 3 aromatic rings. The lowest BCUT2D eigenvalue weighted by molar-refractivity contribution is -0.116. The monoisotopic (exact) mass is 694 g/mol. The minimum absolute atomic E-state index is 0.0368. The Morgan fingerprint density at radius 2 is 1.70 bits per heavy atom. The van der Waals surface area contributed by atoms with Gasteiger partial charge in [0, 0.05) is 55.8 Å². The molecule has 1 aliphatic rings. The quantitative estimate of drug-likeness (QED) is 0.145. The largest absolute Gasteiger partial charge is 0.496 e. The lowest BCUT2D eigenvalue weighted by Gasteiger charge is -2.39. The van der Waals surface area contributed by atoms with Crippen LogP contribution >= 0.6 is 0 Å². The van der Waals surface area contributed by atoms with Gasteiger partial charge < -0.3 is 38.6 Å². The molecule has 2 amide bonds. The average molecular weight is 695 g/mol. The first-order chi connectivity index (χ1) is 24.1. The number of rotatable bonds is 17. The highest BCUT2D eigenvalue weighted by molar-refractivity contribution is 5.91. The van der Waals surface area contributed by atoms with Crippen LogP contribution in [0.4, 0.5) is 14.9 Å². The molecule has 2 unspecified atom stereocenters. The van der Waals surface area contributed by atoms with Crippen molar-refractivity contribution in [3.8, 4) is 11.5 Å². The fraction of sp³-hybridized carbons (Fsp3) is 0.487. The molecule has 11 heteroatoms. The molecule has 3 aromatic carbocycles. The van der Waals surface area contributed by atoms with Crippen molar-refractivity contribution in [2.45, 2.75) is 77.3 Å². The number of para-hydroxylation sites is 1. The second-order valence-electron chi connectivity index (χ2n) is 13.3. The van der Waals surface area contributed by atoms with E-state index >= 15 is 0 Å². The van der Waals surface area contributed by atoms with E-state index in [0.29, 0.717) is 63.6 Å². The number of carbonyl (C=O) groups is 2. The first kappa shape index (κ1) is 38.6. The molecule has 4 rings (SSSR count). The lowest BCUT2D eigenvalue weighted by Crippen LogP contribution is -2.48. The number of halogens is 1. The summed E-state index contributed by atoms with van der Waals surface area (Å²) in [6.45, 7) is 8.32. The van der Waals surface area contributed by atoms with Crippen LogP contribution in [0, 0.1) is 5.82 Å². The molecule has 1 heterocycles. The normalized spacial score (nSPS) is 16.2. The van der Waals surface area contributed by atoms with Crippen molar-refractivity contribution < 1.29 is 42.4 Å². The third kappa shape index (κ3) is 12.3. The van der Waals surface area contributed by atoms with Crippen LogP contribution in [0.3, 0.4) is 0 Å². The summed E-state index contributed by atoms with van der Waals surface area (Å²) in [6.07, 6.45) is 1.39. The van der Waals surface area contributed by atoms with E-state index in [2.05, 4.69) is 5.32 Å². The zero-order valence-electron chi connectivity index (χ0n) is 29.9. The zero-order valence-corrected chi connectivity index (χ0v) is 29.9. The Kier molecular flexibility index (Phi) is 14.9. The fourth-order valence-corrected chi connectivity index (χ4v) is 5.72. The van der Waals surface area contributed by atoms with E-state index in [9.17, 15) is 14.0 Å². The third-order valence-corrected chi connectivity index (χ3v) is 8.22. The van der Waals surface area contributed by atoms with E-state index in [-0.39, 0.29) is 24.9 Å². The molecule has 0 bridgehead atoms. The van der Waals surface area contributed by atoms with Crippen LogP contribution in [0.25, 0.3) is 0 Å². The van der Waals surface area contributed by atoms with E-state index in [1.54, 1.807) is 25.2 Å². The number of methoxy groups -OCH3 is 2. The first-order valence-corrected chi connectivity index (χ1v) is 17.2. The van der Waals surface area contributed by atoms with Gasteiger partial charge in [-0.25, -0.2) is 9.18 Å². The summed E-state index contributed by atoms with van der Waals surface area (Å²) in [4.78, 5) is 27.2. The van der Waals surface area contributed by atoms with Gasteiger partial charge in [-0.3, -0.25) is 4.79 Å². The van der Waals surface area contributed by atoms with Crippen molar-refractivity contribution >= 4 is 17.7 Å². The predicted molar refractivity (Wildman–Crippen MR) is 189 cm³/mol. The lowest BCUT2D eigenvalue weighted by atomic mass is 9.87. The number of anilines is 1. The van der Waals surface area contributed by atoms with Gasteiger partial charge >= 0.3 is 6.09 Å². The van der Waals surface area contributed by atoms with Crippen molar-refractivity contribution in [3.63, 3.8) is 0 Å². The molecule has 0 aromatic heterocycles. The molecule has 1 fully saturated rings. The highest BCUT2D eigenvalue weighted by atomic mass is 19.1. The summed E-state index contributed by atoms with van der Waals surface area (Å²) in [5, 5.41) is 2.87. The molecule has 50 heavy (non-hydrogen) atoms. The first-order valence-electron chi connectivity index (χ1n) is 17.2. The summed E-state index contributed by atoms with van der Waals surface area (Å²) in [7, 11) is 3.23. The minimum Gasteiger partial charge on any atom is -0.496 e. The Hall–Kier alpha value is -4.19. The molecule has 0 spiro atoms. The number of benzene rings is 3. The number of hydrogen-bond donors (Lipinski definition) is 1. The SMILES string of the molecule is COCCCC(=O)Nc1ccc(F)cc1COC1CN(C(=O)OC(C)(C)C)CCC1c1ccc(OCCCOCc2ccccc2OC)cc1.